The Morgan fingerprint density at radius 1 is 1.04 bits per heavy atom. The highest BCUT2D eigenvalue weighted by atomic mass is 16.5. The van der Waals surface area contributed by atoms with Crippen molar-refractivity contribution >= 4 is 11.8 Å². The first kappa shape index (κ1) is 21.5. The second-order valence-electron chi connectivity index (χ2n) is 7.20. The second-order valence-corrected chi connectivity index (χ2v) is 7.20. The smallest absolute Gasteiger partial charge is 0.261 e. The zero-order valence-electron chi connectivity index (χ0n) is 17.1. The summed E-state index contributed by atoms with van der Waals surface area (Å²) in [5.41, 5.74) is 2.13. The Morgan fingerprint density at radius 3 is 2.25 bits per heavy atom. The van der Waals surface area contributed by atoms with Gasteiger partial charge < -0.3 is 15.0 Å². The zero-order chi connectivity index (χ0) is 20.5. The van der Waals surface area contributed by atoms with Crippen LogP contribution in [-0.2, 0) is 16.1 Å². The predicted octanol–water partition coefficient (Wildman–Crippen LogP) is 3.71. The van der Waals surface area contributed by atoms with Gasteiger partial charge in [0.2, 0.25) is 5.91 Å². The van der Waals surface area contributed by atoms with Gasteiger partial charge in [0.05, 0.1) is 0 Å². The minimum atomic E-state index is -0.546. The Balaban J connectivity index is 2.18. The van der Waals surface area contributed by atoms with Crippen molar-refractivity contribution in [2.45, 2.75) is 52.7 Å². The van der Waals surface area contributed by atoms with Crippen LogP contribution in [0.5, 0.6) is 5.75 Å². The molecule has 0 heterocycles. The monoisotopic (exact) mass is 382 g/mol. The molecule has 0 aliphatic carbocycles. The SMILES string of the molecule is CC[C@@H](C(=O)NC(C)C)N(Cc1ccc(C)cc1)C(=O)COc1ccccc1. The van der Waals surface area contributed by atoms with Gasteiger partial charge in [-0.05, 0) is 44.9 Å². The van der Waals surface area contributed by atoms with Crippen LogP contribution in [0.2, 0.25) is 0 Å². The highest BCUT2D eigenvalue weighted by Gasteiger charge is 2.29. The molecule has 1 N–H and O–H groups in total. The number of hydrogen-bond donors (Lipinski definition) is 1. The standard InChI is InChI=1S/C23H30N2O3/c1-5-21(23(27)24-17(2)3)25(15-19-13-11-18(4)12-14-19)22(26)16-28-20-9-7-6-8-10-20/h6-14,17,21H,5,15-16H2,1-4H3,(H,24,27)/t21-/m0/s1. The molecule has 5 nitrogen and oxygen atoms in total. The van der Waals surface area contributed by atoms with Gasteiger partial charge in [-0.15, -0.1) is 0 Å². The van der Waals surface area contributed by atoms with Crippen molar-refractivity contribution in [1.82, 2.24) is 10.2 Å². The molecule has 2 aromatic rings. The number of hydrogen-bond acceptors (Lipinski definition) is 3. The van der Waals surface area contributed by atoms with Gasteiger partial charge in [0, 0.05) is 12.6 Å². The Hall–Kier alpha value is -2.82. The maximum Gasteiger partial charge on any atom is 0.261 e. The molecule has 0 radical (unpaired) electrons. The molecule has 150 valence electrons. The molecule has 1 atom stereocenters. The lowest BCUT2D eigenvalue weighted by atomic mass is 10.1. The number of carbonyl (C=O) groups excluding carboxylic acids is 2. The van der Waals surface area contributed by atoms with Gasteiger partial charge >= 0.3 is 0 Å². The summed E-state index contributed by atoms with van der Waals surface area (Å²) in [7, 11) is 0. The quantitative estimate of drug-likeness (QED) is 0.719. The van der Waals surface area contributed by atoms with E-state index in [4.69, 9.17) is 4.74 Å². The number of nitrogens with one attached hydrogen (secondary N) is 1. The average molecular weight is 383 g/mol. The topological polar surface area (TPSA) is 58.6 Å². The first-order valence-electron chi connectivity index (χ1n) is 9.74. The van der Waals surface area contributed by atoms with E-state index in [0.717, 1.165) is 11.1 Å². The summed E-state index contributed by atoms with van der Waals surface area (Å²) < 4.78 is 5.64. The lowest BCUT2D eigenvalue weighted by molar-refractivity contribution is -0.143. The Kier molecular flexibility index (Phi) is 8.05. The average Bonchev–Trinajstić information content (AvgIpc) is 2.67. The van der Waals surface area contributed by atoms with E-state index in [1.165, 1.54) is 0 Å². The molecule has 0 aromatic heterocycles. The fourth-order valence-electron chi connectivity index (χ4n) is 2.94. The van der Waals surface area contributed by atoms with Gasteiger partial charge in [-0.25, -0.2) is 0 Å². The molecule has 0 bridgehead atoms. The molecule has 0 fully saturated rings. The molecule has 0 saturated carbocycles. The van der Waals surface area contributed by atoms with E-state index in [2.05, 4.69) is 5.32 Å². The normalized spacial score (nSPS) is 11.8. The van der Waals surface area contributed by atoms with E-state index in [9.17, 15) is 9.59 Å². The molecular formula is C23H30N2O3. The third kappa shape index (κ3) is 6.41. The molecule has 0 saturated heterocycles. The highest BCUT2D eigenvalue weighted by Crippen LogP contribution is 2.15. The maximum atomic E-state index is 13.0. The van der Waals surface area contributed by atoms with E-state index < -0.39 is 6.04 Å². The Morgan fingerprint density at radius 2 is 1.68 bits per heavy atom. The molecular weight excluding hydrogens is 352 g/mol. The van der Waals surface area contributed by atoms with Crippen LogP contribution < -0.4 is 10.1 Å². The van der Waals surface area contributed by atoms with Crippen molar-refractivity contribution in [3.05, 3.63) is 65.7 Å². The number of benzene rings is 2. The largest absolute Gasteiger partial charge is 0.484 e. The highest BCUT2D eigenvalue weighted by molar-refractivity contribution is 5.88. The van der Waals surface area contributed by atoms with Gasteiger partial charge in [0.1, 0.15) is 11.8 Å². The van der Waals surface area contributed by atoms with E-state index >= 15 is 0 Å². The third-order valence-corrected chi connectivity index (χ3v) is 4.40. The lowest BCUT2D eigenvalue weighted by Crippen LogP contribution is -2.51. The van der Waals surface area contributed by atoms with Crippen molar-refractivity contribution in [2.24, 2.45) is 0 Å². The number of para-hydroxylation sites is 1. The molecule has 2 rings (SSSR count). The summed E-state index contributed by atoms with van der Waals surface area (Å²) in [5.74, 6) is 0.277. The van der Waals surface area contributed by atoms with Gasteiger partial charge in [-0.1, -0.05) is 55.0 Å². The van der Waals surface area contributed by atoms with Crippen molar-refractivity contribution in [3.63, 3.8) is 0 Å². The fraction of sp³-hybridized carbons (Fsp3) is 0.391. The van der Waals surface area contributed by atoms with Crippen LogP contribution in [0.15, 0.2) is 54.6 Å². The zero-order valence-corrected chi connectivity index (χ0v) is 17.1. The summed E-state index contributed by atoms with van der Waals surface area (Å²) in [4.78, 5) is 27.3. The number of nitrogens with zero attached hydrogens (tertiary/aromatic N) is 1. The molecule has 5 heteroatoms. The van der Waals surface area contributed by atoms with Crippen LogP contribution in [0.4, 0.5) is 0 Å². The summed E-state index contributed by atoms with van der Waals surface area (Å²) in [6.07, 6.45) is 0.529. The summed E-state index contributed by atoms with van der Waals surface area (Å²) in [6.45, 7) is 8.01. The van der Waals surface area contributed by atoms with Crippen molar-refractivity contribution in [1.29, 1.82) is 0 Å². The van der Waals surface area contributed by atoms with Gasteiger partial charge in [-0.3, -0.25) is 9.59 Å². The van der Waals surface area contributed by atoms with Gasteiger partial charge in [-0.2, -0.15) is 0 Å². The van der Waals surface area contributed by atoms with E-state index in [1.807, 2.05) is 70.2 Å². The van der Waals surface area contributed by atoms with Crippen LogP contribution in [0.25, 0.3) is 0 Å². The molecule has 0 aliphatic heterocycles. The minimum Gasteiger partial charge on any atom is -0.484 e. The number of ether oxygens (including phenoxy) is 1. The summed E-state index contributed by atoms with van der Waals surface area (Å²) in [5, 5.41) is 2.92. The molecule has 2 amide bonds. The van der Waals surface area contributed by atoms with Crippen LogP contribution >= 0.6 is 0 Å². The molecule has 0 spiro atoms. The lowest BCUT2D eigenvalue weighted by Gasteiger charge is -2.31. The van der Waals surface area contributed by atoms with Crippen molar-refractivity contribution in [3.8, 4) is 5.75 Å². The van der Waals surface area contributed by atoms with Crippen LogP contribution in [0.3, 0.4) is 0 Å². The van der Waals surface area contributed by atoms with Gasteiger partial charge in [0.15, 0.2) is 6.61 Å². The van der Waals surface area contributed by atoms with Crippen LogP contribution in [0, 0.1) is 6.92 Å². The fourth-order valence-corrected chi connectivity index (χ4v) is 2.94. The van der Waals surface area contributed by atoms with E-state index in [-0.39, 0.29) is 24.5 Å². The summed E-state index contributed by atoms with van der Waals surface area (Å²) >= 11 is 0. The molecule has 0 aliphatic rings. The Labute approximate surface area is 167 Å². The van der Waals surface area contributed by atoms with E-state index in [0.29, 0.717) is 18.7 Å². The predicted molar refractivity (Wildman–Crippen MR) is 111 cm³/mol. The van der Waals surface area contributed by atoms with Crippen LogP contribution in [-0.4, -0.2) is 35.4 Å². The number of carbonyl (C=O) groups is 2. The van der Waals surface area contributed by atoms with E-state index in [1.54, 1.807) is 17.0 Å². The summed E-state index contributed by atoms with van der Waals surface area (Å²) in [6, 6.07) is 16.7. The van der Waals surface area contributed by atoms with Gasteiger partial charge in [0.25, 0.3) is 5.91 Å². The maximum absolute atomic E-state index is 13.0. The first-order valence-corrected chi connectivity index (χ1v) is 9.74. The number of amides is 2. The Bertz CT molecular complexity index is 757. The van der Waals surface area contributed by atoms with Crippen LogP contribution in [0.1, 0.15) is 38.3 Å². The van der Waals surface area contributed by atoms with Crippen molar-refractivity contribution < 1.29 is 14.3 Å². The minimum absolute atomic E-state index is 0.0124. The second kappa shape index (κ2) is 10.5. The first-order chi connectivity index (χ1) is 13.4. The number of rotatable bonds is 9. The molecule has 2 aromatic carbocycles. The number of aryl methyl sites for hydroxylation is 1. The molecule has 28 heavy (non-hydrogen) atoms. The van der Waals surface area contributed by atoms with Crippen molar-refractivity contribution in [2.75, 3.05) is 6.61 Å². The molecule has 0 unspecified atom stereocenters. The third-order valence-electron chi connectivity index (χ3n) is 4.40.